The lowest BCUT2D eigenvalue weighted by molar-refractivity contribution is -0.183. The minimum atomic E-state index is -1.42. The molecule has 3 aromatic rings. The third-order valence-electron chi connectivity index (χ3n) is 7.12. The number of carbonyl (C=O) groups is 5. The van der Waals surface area contributed by atoms with Crippen molar-refractivity contribution in [1.29, 1.82) is 0 Å². The molecule has 0 bridgehead atoms. The molecule has 1 atom stereocenters. The van der Waals surface area contributed by atoms with E-state index in [1.165, 1.54) is 12.1 Å². The summed E-state index contributed by atoms with van der Waals surface area (Å²) >= 11 is 0. The van der Waals surface area contributed by atoms with Crippen molar-refractivity contribution in [2.75, 3.05) is 19.8 Å². The van der Waals surface area contributed by atoms with Crippen molar-refractivity contribution in [3.05, 3.63) is 71.5 Å². The number of aromatic nitrogens is 2. The zero-order valence-corrected chi connectivity index (χ0v) is 30.2. The highest BCUT2D eigenvalue weighted by molar-refractivity contribution is 6.20. The summed E-state index contributed by atoms with van der Waals surface area (Å²) in [7, 11) is 1.76. The van der Waals surface area contributed by atoms with Gasteiger partial charge in [-0.05, 0) is 96.8 Å². The Hall–Kier alpha value is -5.44. The number of imide groups is 1. The molecule has 15 nitrogen and oxygen atoms in total. The van der Waals surface area contributed by atoms with Crippen LogP contribution in [0.1, 0.15) is 75.6 Å². The van der Waals surface area contributed by atoms with E-state index in [0.717, 1.165) is 5.56 Å². The maximum absolute atomic E-state index is 12.8. The highest BCUT2D eigenvalue weighted by Gasteiger charge is 2.40. The Morgan fingerprint density at radius 1 is 0.882 bits per heavy atom. The first-order valence-electron chi connectivity index (χ1n) is 16.5. The number of imidazole rings is 1. The summed E-state index contributed by atoms with van der Waals surface area (Å²) in [5.74, 6) is -1.81. The molecule has 1 aliphatic rings. The SMILES string of the molecule is CCOC(=O)[C@H](COc1ccc(-c2cn(CCCNC(=O)OC(C)(C)C)/c(=N/C(=O)OC(C)(C)C)n2C)cc1)ON1C(=O)c2ccccc2C1=O. The van der Waals surface area contributed by atoms with E-state index < -0.39 is 47.3 Å². The van der Waals surface area contributed by atoms with Crippen molar-refractivity contribution in [3.8, 4) is 17.0 Å². The van der Waals surface area contributed by atoms with E-state index in [2.05, 4.69) is 10.3 Å². The number of amides is 4. The smallest absolute Gasteiger partial charge is 0.437 e. The molecule has 51 heavy (non-hydrogen) atoms. The predicted molar refractivity (Wildman–Crippen MR) is 183 cm³/mol. The van der Waals surface area contributed by atoms with E-state index >= 15 is 0 Å². The van der Waals surface area contributed by atoms with Crippen molar-refractivity contribution < 1.29 is 47.8 Å². The second-order valence-electron chi connectivity index (χ2n) is 13.6. The molecule has 274 valence electrons. The number of carbonyl (C=O) groups excluding carboxylic acids is 5. The van der Waals surface area contributed by atoms with Crippen LogP contribution in [0.4, 0.5) is 9.59 Å². The molecule has 2 aromatic carbocycles. The third-order valence-corrected chi connectivity index (χ3v) is 7.12. The van der Waals surface area contributed by atoms with Gasteiger partial charge in [0.2, 0.25) is 11.7 Å². The van der Waals surface area contributed by atoms with Gasteiger partial charge in [0.1, 0.15) is 23.6 Å². The molecule has 0 fully saturated rings. The lowest BCUT2D eigenvalue weighted by atomic mass is 10.1. The standard InChI is InChI=1S/C36H45N5O10/c1-9-47-31(44)28(51-41-29(42)25-13-10-11-14-26(25)30(41)43)22-48-24-17-15-23(16-18-24)27-21-40(20-12-19-37-33(45)49-35(2,3)4)32(39(27)8)38-34(46)50-36(5,6)7/h10-11,13-18,21,28H,9,12,19-20,22H2,1-8H3,(H,37,45)/b38-32+/t28-/m0/s1. The quantitative estimate of drug-likeness (QED) is 0.120. The number of aryl methyl sites for hydroxylation is 1. The molecule has 0 unspecified atom stereocenters. The summed E-state index contributed by atoms with van der Waals surface area (Å²) in [5, 5.41) is 3.28. The molecule has 2 heterocycles. The van der Waals surface area contributed by atoms with Crippen molar-refractivity contribution >= 4 is 30.0 Å². The van der Waals surface area contributed by atoms with Crippen LogP contribution < -0.4 is 15.7 Å². The second-order valence-corrected chi connectivity index (χ2v) is 13.6. The van der Waals surface area contributed by atoms with Crippen LogP contribution in [0, 0.1) is 0 Å². The number of alkyl carbamates (subject to hydrolysis) is 1. The van der Waals surface area contributed by atoms with Gasteiger partial charge in [-0.1, -0.05) is 12.1 Å². The maximum Gasteiger partial charge on any atom is 0.437 e. The summed E-state index contributed by atoms with van der Waals surface area (Å²) in [5.41, 5.74) is 0.771. The summed E-state index contributed by atoms with van der Waals surface area (Å²) in [4.78, 5) is 73.0. The van der Waals surface area contributed by atoms with E-state index in [4.69, 9.17) is 23.8 Å². The van der Waals surface area contributed by atoms with Crippen LogP contribution in [0.2, 0.25) is 0 Å². The number of esters is 1. The molecule has 15 heteroatoms. The van der Waals surface area contributed by atoms with Gasteiger partial charge in [0.25, 0.3) is 11.8 Å². The van der Waals surface area contributed by atoms with Crippen LogP contribution in [0.5, 0.6) is 5.75 Å². The van der Waals surface area contributed by atoms with Crippen molar-refractivity contribution in [1.82, 2.24) is 19.5 Å². The van der Waals surface area contributed by atoms with Crippen molar-refractivity contribution in [3.63, 3.8) is 0 Å². The van der Waals surface area contributed by atoms with Gasteiger partial charge in [0.15, 0.2) is 0 Å². The minimum absolute atomic E-state index is 0.0502. The fourth-order valence-corrected chi connectivity index (χ4v) is 4.95. The number of ether oxygens (including phenoxy) is 4. The monoisotopic (exact) mass is 707 g/mol. The number of nitrogens with zero attached hydrogens (tertiary/aromatic N) is 4. The van der Waals surface area contributed by atoms with E-state index in [-0.39, 0.29) is 24.3 Å². The highest BCUT2D eigenvalue weighted by Crippen LogP contribution is 2.25. The largest absolute Gasteiger partial charge is 0.490 e. The Bertz CT molecular complexity index is 1790. The molecule has 0 saturated heterocycles. The van der Waals surface area contributed by atoms with Crippen LogP contribution in [0.15, 0.2) is 59.7 Å². The lowest BCUT2D eigenvalue weighted by Gasteiger charge is -2.21. The van der Waals surface area contributed by atoms with Gasteiger partial charge in [-0.3, -0.25) is 9.59 Å². The van der Waals surface area contributed by atoms with Crippen LogP contribution in [-0.2, 0) is 37.4 Å². The van der Waals surface area contributed by atoms with Gasteiger partial charge in [-0.15, -0.1) is 10.1 Å². The Labute approximate surface area is 296 Å². The molecular formula is C36H45N5O10. The average molecular weight is 708 g/mol. The Morgan fingerprint density at radius 3 is 2.06 bits per heavy atom. The number of rotatable bonds is 12. The van der Waals surface area contributed by atoms with Crippen LogP contribution >= 0.6 is 0 Å². The van der Waals surface area contributed by atoms with Gasteiger partial charge >= 0.3 is 18.2 Å². The molecule has 4 rings (SSSR count). The first-order chi connectivity index (χ1) is 24.0. The number of benzene rings is 2. The summed E-state index contributed by atoms with van der Waals surface area (Å²) in [6, 6.07) is 13.2. The van der Waals surface area contributed by atoms with E-state index in [1.54, 1.807) is 101 Å². The molecule has 0 spiro atoms. The highest BCUT2D eigenvalue weighted by atomic mass is 16.7. The van der Waals surface area contributed by atoms with Gasteiger partial charge < -0.3 is 33.4 Å². The predicted octanol–water partition coefficient (Wildman–Crippen LogP) is 4.78. The Morgan fingerprint density at radius 2 is 1.49 bits per heavy atom. The zero-order valence-electron chi connectivity index (χ0n) is 30.2. The van der Waals surface area contributed by atoms with E-state index in [0.29, 0.717) is 41.6 Å². The molecule has 0 aliphatic carbocycles. The number of hydroxylamine groups is 2. The third kappa shape index (κ3) is 10.3. The van der Waals surface area contributed by atoms with E-state index in [9.17, 15) is 24.0 Å². The van der Waals surface area contributed by atoms with Crippen LogP contribution in [0.3, 0.4) is 0 Å². The zero-order chi connectivity index (χ0) is 37.5. The summed E-state index contributed by atoms with van der Waals surface area (Å²) < 4.78 is 25.2. The molecule has 1 N–H and O–H groups in total. The van der Waals surface area contributed by atoms with Crippen molar-refractivity contribution in [2.24, 2.45) is 12.0 Å². The molecule has 0 saturated carbocycles. The minimum Gasteiger partial charge on any atom is -0.490 e. The molecule has 1 aliphatic heterocycles. The van der Waals surface area contributed by atoms with E-state index in [1.807, 2.05) is 6.20 Å². The second kappa shape index (κ2) is 16.1. The van der Waals surface area contributed by atoms with Crippen molar-refractivity contribution in [2.45, 2.75) is 78.7 Å². The van der Waals surface area contributed by atoms with Gasteiger partial charge in [0.05, 0.1) is 23.4 Å². The lowest BCUT2D eigenvalue weighted by Crippen LogP contribution is -2.42. The number of hydrogen-bond acceptors (Lipinski definition) is 10. The Balaban J connectivity index is 1.50. The normalized spacial score (nSPS) is 13.9. The summed E-state index contributed by atoms with van der Waals surface area (Å²) in [6.07, 6.45) is -0.341. The fraction of sp³-hybridized carbons (Fsp3) is 0.444. The molecule has 4 amide bonds. The van der Waals surface area contributed by atoms with Gasteiger partial charge in [0, 0.05) is 26.3 Å². The van der Waals surface area contributed by atoms with Gasteiger partial charge in [-0.2, -0.15) is 0 Å². The molecular weight excluding hydrogens is 662 g/mol. The summed E-state index contributed by atoms with van der Waals surface area (Å²) in [6.45, 7) is 12.7. The number of hydrogen-bond donors (Lipinski definition) is 1. The molecule has 0 radical (unpaired) electrons. The Kier molecular flexibility index (Phi) is 12.1. The van der Waals surface area contributed by atoms with Crippen LogP contribution in [0.25, 0.3) is 11.3 Å². The average Bonchev–Trinajstić information content (AvgIpc) is 3.47. The topological polar surface area (TPSA) is 169 Å². The fourth-order valence-electron chi connectivity index (χ4n) is 4.95. The first kappa shape index (κ1) is 38.4. The van der Waals surface area contributed by atoms with Gasteiger partial charge in [-0.25, -0.2) is 19.2 Å². The number of fused-ring (bicyclic) bond motifs is 1. The maximum atomic E-state index is 12.8. The number of nitrogens with one attached hydrogen (secondary N) is 1. The molecule has 1 aromatic heterocycles. The van der Waals surface area contributed by atoms with Crippen LogP contribution in [-0.4, -0.2) is 81.2 Å². The first-order valence-corrected chi connectivity index (χ1v) is 16.5.